The fourth-order valence-electron chi connectivity index (χ4n) is 4.19. The van der Waals surface area contributed by atoms with Crippen LogP contribution in [0.3, 0.4) is 0 Å². The predicted molar refractivity (Wildman–Crippen MR) is 130 cm³/mol. The first-order valence-corrected chi connectivity index (χ1v) is 11.7. The number of benzene rings is 2. The number of ether oxygens (including phenoxy) is 3. The molecule has 180 valence electrons. The molecule has 2 heterocycles. The van der Waals surface area contributed by atoms with Crippen LogP contribution in [0, 0.1) is 0 Å². The number of hydrogen-bond donors (Lipinski definition) is 1. The number of carbonyl (C=O) groups excluding carboxylic acids is 1. The number of nitrogen functional groups attached to an aromatic ring is 1. The van der Waals surface area contributed by atoms with Crippen molar-refractivity contribution < 1.29 is 23.4 Å². The quantitative estimate of drug-likeness (QED) is 0.265. The summed E-state index contributed by atoms with van der Waals surface area (Å²) in [5, 5.41) is 0. The molecule has 1 atom stereocenters. The molecule has 1 aliphatic heterocycles. The van der Waals surface area contributed by atoms with Crippen molar-refractivity contribution in [1.29, 1.82) is 0 Å². The minimum absolute atomic E-state index is 0.105. The lowest BCUT2D eigenvalue weighted by Gasteiger charge is -2.33. The van der Waals surface area contributed by atoms with Crippen LogP contribution >= 0.6 is 0 Å². The Kier molecular flexibility index (Phi) is 8.22. The molecule has 7 nitrogen and oxygen atoms in total. The lowest BCUT2D eigenvalue weighted by Crippen LogP contribution is -2.38. The van der Waals surface area contributed by atoms with Gasteiger partial charge in [0.05, 0.1) is 25.5 Å². The summed E-state index contributed by atoms with van der Waals surface area (Å²) >= 11 is 0. The number of methoxy groups -OCH3 is 1. The van der Waals surface area contributed by atoms with Crippen molar-refractivity contribution in [3.63, 3.8) is 0 Å². The Bertz CT molecular complexity index is 1040. The summed E-state index contributed by atoms with van der Waals surface area (Å²) in [6.45, 7) is 3.54. The molecule has 1 aliphatic rings. The lowest BCUT2D eigenvalue weighted by atomic mass is 10.0. The van der Waals surface area contributed by atoms with Gasteiger partial charge in [-0.2, -0.15) is 0 Å². The molecule has 0 spiro atoms. The van der Waals surface area contributed by atoms with Crippen molar-refractivity contribution in [2.24, 2.45) is 0 Å². The normalized spacial score (nSPS) is 15.7. The molecule has 4 rings (SSSR count). The Balaban J connectivity index is 1.28. The fourth-order valence-corrected chi connectivity index (χ4v) is 4.19. The molecule has 1 saturated heterocycles. The molecule has 2 N–H and O–H groups in total. The van der Waals surface area contributed by atoms with Crippen LogP contribution in [0.25, 0.3) is 0 Å². The summed E-state index contributed by atoms with van der Waals surface area (Å²) in [5.74, 6) is 1.03. The average Bonchev–Trinajstić information content (AvgIpc) is 3.37. The number of nitrogens with zero attached hydrogens (tertiary/aromatic N) is 1. The molecule has 0 radical (unpaired) electrons. The Morgan fingerprint density at radius 3 is 2.53 bits per heavy atom. The molecule has 3 aromatic rings. The maximum atomic E-state index is 11.8. The number of rotatable bonds is 10. The van der Waals surface area contributed by atoms with Crippen LogP contribution in [0.5, 0.6) is 5.75 Å². The van der Waals surface area contributed by atoms with Gasteiger partial charge in [-0.15, -0.1) is 0 Å². The van der Waals surface area contributed by atoms with E-state index in [2.05, 4.69) is 4.90 Å². The molecule has 0 amide bonds. The van der Waals surface area contributed by atoms with E-state index in [1.807, 2.05) is 54.6 Å². The zero-order valence-electron chi connectivity index (χ0n) is 19.5. The number of nitrogens with two attached hydrogens (primary N) is 1. The SMILES string of the molecule is COC(=O)c1ccc(C(OC2CCN(CCCOc3ccccc3N)CC2)c2ccccc2)o1. The molecule has 0 aliphatic carbocycles. The number of esters is 1. The third-order valence-electron chi connectivity index (χ3n) is 6.03. The molecule has 0 saturated carbocycles. The molecule has 34 heavy (non-hydrogen) atoms. The number of para-hydroxylation sites is 2. The molecule has 7 heteroatoms. The Labute approximate surface area is 200 Å². The first kappa shape index (κ1) is 23.9. The smallest absolute Gasteiger partial charge is 0.373 e. The highest BCUT2D eigenvalue weighted by Gasteiger charge is 2.27. The van der Waals surface area contributed by atoms with E-state index in [-0.39, 0.29) is 18.0 Å². The van der Waals surface area contributed by atoms with Gasteiger partial charge >= 0.3 is 5.97 Å². The van der Waals surface area contributed by atoms with E-state index < -0.39 is 5.97 Å². The number of carbonyl (C=O) groups is 1. The van der Waals surface area contributed by atoms with Gasteiger partial charge in [0.15, 0.2) is 0 Å². The van der Waals surface area contributed by atoms with E-state index in [1.54, 1.807) is 12.1 Å². The van der Waals surface area contributed by atoms with Crippen molar-refractivity contribution in [2.45, 2.75) is 31.5 Å². The van der Waals surface area contributed by atoms with E-state index >= 15 is 0 Å². The van der Waals surface area contributed by atoms with E-state index in [4.69, 9.17) is 24.4 Å². The van der Waals surface area contributed by atoms with E-state index in [9.17, 15) is 4.79 Å². The molecule has 2 aromatic carbocycles. The standard InChI is InChI=1S/C27H32N2O5/c1-31-27(30)25-13-12-24(34-25)26(20-8-3-2-4-9-20)33-21-14-17-29(18-15-21)16-7-19-32-23-11-6-5-10-22(23)28/h2-6,8-13,21,26H,7,14-19,28H2,1H3. The first-order chi connectivity index (χ1) is 16.6. The average molecular weight is 465 g/mol. The van der Waals surface area contributed by atoms with Crippen LogP contribution in [0.4, 0.5) is 5.69 Å². The van der Waals surface area contributed by atoms with Gasteiger partial charge in [0, 0.05) is 19.6 Å². The third kappa shape index (κ3) is 6.18. The number of anilines is 1. The maximum absolute atomic E-state index is 11.8. The molecule has 1 aromatic heterocycles. The van der Waals surface area contributed by atoms with Crippen molar-refractivity contribution in [3.05, 3.63) is 83.8 Å². The predicted octanol–water partition coefficient (Wildman–Crippen LogP) is 4.69. The van der Waals surface area contributed by atoms with Gasteiger partial charge in [0.1, 0.15) is 17.6 Å². The third-order valence-corrected chi connectivity index (χ3v) is 6.03. The van der Waals surface area contributed by atoms with Crippen molar-refractivity contribution in [3.8, 4) is 5.75 Å². The second kappa shape index (κ2) is 11.7. The second-order valence-corrected chi connectivity index (χ2v) is 8.40. The summed E-state index contributed by atoms with van der Waals surface area (Å²) in [7, 11) is 1.34. The first-order valence-electron chi connectivity index (χ1n) is 11.7. The molecule has 1 unspecified atom stereocenters. The van der Waals surface area contributed by atoms with Crippen molar-refractivity contribution in [1.82, 2.24) is 4.90 Å². The van der Waals surface area contributed by atoms with Crippen molar-refractivity contribution >= 4 is 11.7 Å². The van der Waals surface area contributed by atoms with Gasteiger partial charge < -0.3 is 29.3 Å². The van der Waals surface area contributed by atoms with Gasteiger partial charge in [-0.3, -0.25) is 0 Å². The van der Waals surface area contributed by atoms with Crippen LogP contribution in [-0.2, 0) is 9.47 Å². The maximum Gasteiger partial charge on any atom is 0.373 e. The topological polar surface area (TPSA) is 87.2 Å². The Morgan fingerprint density at radius 2 is 1.79 bits per heavy atom. The second-order valence-electron chi connectivity index (χ2n) is 8.40. The van der Waals surface area contributed by atoms with Gasteiger partial charge in [0.25, 0.3) is 0 Å². The number of likely N-dealkylation sites (tertiary alicyclic amines) is 1. The monoisotopic (exact) mass is 464 g/mol. The summed E-state index contributed by atoms with van der Waals surface area (Å²) < 4.78 is 22.9. The number of furan rings is 1. The van der Waals surface area contributed by atoms with Gasteiger partial charge in [-0.1, -0.05) is 42.5 Å². The van der Waals surface area contributed by atoms with Crippen LogP contribution in [0.15, 0.2) is 71.1 Å². The Morgan fingerprint density at radius 1 is 1.06 bits per heavy atom. The zero-order valence-corrected chi connectivity index (χ0v) is 19.5. The molecule has 1 fully saturated rings. The fraction of sp³-hybridized carbons (Fsp3) is 0.370. The highest BCUT2D eigenvalue weighted by molar-refractivity contribution is 5.86. The molecule has 0 bridgehead atoms. The highest BCUT2D eigenvalue weighted by atomic mass is 16.5. The van der Waals surface area contributed by atoms with Crippen LogP contribution < -0.4 is 10.5 Å². The summed E-state index contributed by atoms with van der Waals surface area (Å²) in [5.41, 5.74) is 7.59. The molecular formula is C27H32N2O5. The summed E-state index contributed by atoms with van der Waals surface area (Å²) in [4.78, 5) is 14.3. The lowest BCUT2D eigenvalue weighted by molar-refractivity contribution is -0.0352. The summed E-state index contributed by atoms with van der Waals surface area (Å²) in [6, 6.07) is 20.9. The largest absolute Gasteiger partial charge is 0.491 e. The minimum atomic E-state index is -0.495. The minimum Gasteiger partial charge on any atom is -0.491 e. The van der Waals surface area contributed by atoms with Crippen LogP contribution in [-0.4, -0.2) is 50.3 Å². The van der Waals surface area contributed by atoms with Crippen LogP contribution in [0.1, 0.15) is 47.2 Å². The molecular weight excluding hydrogens is 432 g/mol. The summed E-state index contributed by atoms with van der Waals surface area (Å²) in [6.07, 6.45) is 2.53. The number of hydrogen-bond acceptors (Lipinski definition) is 7. The highest BCUT2D eigenvalue weighted by Crippen LogP contribution is 2.31. The Hall–Kier alpha value is -3.29. The zero-order chi connectivity index (χ0) is 23.8. The van der Waals surface area contributed by atoms with E-state index in [0.717, 1.165) is 50.2 Å². The van der Waals surface area contributed by atoms with E-state index in [1.165, 1.54) is 7.11 Å². The van der Waals surface area contributed by atoms with Crippen molar-refractivity contribution in [2.75, 3.05) is 39.1 Å². The van der Waals surface area contributed by atoms with Gasteiger partial charge in [-0.25, -0.2) is 4.79 Å². The van der Waals surface area contributed by atoms with Gasteiger partial charge in [0.2, 0.25) is 5.76 Å². The van der Waals surface area contributed by atoms with E-state index in [0.29, 0.717) is 18.1 Å². The number of piperidine rings is 1. The van der Waals surface area contributed by atoms with Crippen LogP contribution in [0.2, 0.25) is 0 Å². The van der Waals surface area contributed by atoms with Gasteiger partial charge in [-0.05, 0) is 49.1 Å².